The predicted molar refractivity (Wildman–Crippen MR) is 123 cm³/mol. The molecule has 3 rings (SSSR count). The molecule has 31 heavy (non-hydrogen) atoms. The molecular formula is C23H30FN3O3S. The summed E-state index contributed by atoms with van der Waals surface area (Å²) in [7, 11) is 1.92. The highest BCUT2D eigenvalue weighted by molar-refractivity contribution is 7.99. The van der Waals surface area contributed by atoms with Crippen LogP contribution >= 0.6 is 11.9 Å². The highest BCUT2D eigenvalue weighted by Crippen LogP contribution is 2.32. The fourth-order valence-corrected chi connectivity index (χ4v) is 3.68. The molecule has 8 heteroatoms. The molecule has 1 saturated heterocycles. The van der Waals surface area contributed by atoms with Gasteiger partial charge >= 0.3 is 0 Å². The number of nitrogens with zero attached hydrogens (tertiary/aromatic N) is 3. The van der Waals surface area contributed by atoms with Crippen LogP contribution in [0, 0.1) is 5.82 Å². The first-order valence-corrected chi connectivity index (χ1v) is 11.6. The van der Waals surface area contributed by atoms with E-state index in [1.807, 2.05) is 29.8 Å². The van der Waals surface area contributed by atoms with Crippen LogP contribution in [0.4, 0.5) is 10.3 Å². The molecule has 0 amide bonds. The van der Waals surface area contributed by atoms with E-state index in [4.69, 9.17) is 19.4 Å². The van der Waals surface area contributed by atoms with Crippen molar-refractivity contribution < 1.29 is 19.0 Å². The topological polar surface area (TPSA) is 67.7 Å². The molecule has 1 fully saturated rings. The number of halogens is 1. The Morgan fingerprint density at radius 1 is 1.26 bits per heavy atom. The van der Waals surface area contributed by atoms with E-state index in [0.717, 1.165) is 22.5 Å². The first kappa shape index (κ1) is 23.7. The number of hydrogen-bond donors (Lipinski definition) is 1. The van der Waals surface area contributed by atoms with Gasteiger partial charge in [0.05, 0.1) is 23.6 Å². The number of ether oxygens (including phenoxy) is 2. The zero-order chi connectivity index (χ0) is 22.4. The van der Waals surface area contributed by atoms with Crippen LogP contribution in [0.25, 0.3) is 17.3 Å². The summed E-state index contributed by atoms with van der Waals surface area (Å²) >= 11 is 1.53. The third-order valence-electron chi connectivity index (χ3n) is 5.19. The smallest absolute Gasteiger partial charge is 0.236 e. The molecule has 1 N–H and O–H groups in total. The third kappa shape index (κ3) is 6.04. The summed E-state index contributed by atoms with van der Waals surface area (Å²) in [5.74, 6) is 0.484. The molecule has 2 aromatic rings. The second-order valence-electron chi connectivity index (χ2n) is 7.73. The van der Waals surface area contributed by atoms with E-state index in [-0.39, 0.29) is 37.3 Å². The maximum absolute atomic E-state index is 13.6. The van der Waals surface area contributed by atoms with E-state index in [9.17, 15) is 9.50 Å². The molecular weight excluding hydrogens is 417 g/mol. The summed E-state index contributed by atoms with van der Waals surface area (Å²) in [5, 5.41) is 9.20. The summed E-state index contributed by atoms with van der Waals surface area (Å²) < 4.78 is 26.7. The van der Waals surface area contributed by atoms with Gasteiger partial charge in [-0.25, -0.2) is 14.4 Å². The van der Waals surface area contributed by atoms with E-state index >= 15 is 0 Å². The maximum Gasteiger partial charge on any atom is 0.236 e. The SMILES string of the molecule is CSN(C)c1nc(-c2ccc(F)cc2)c(/C=C/C2CC(CCO)OCO2)c(C(C)C)n1. The lowest BCUT2D eigenvalue weighted by Gasteiger charge is -2.28. The van der Waals surface area contributed by atoms with Gasteiger partial charge in [0.2, 0.25) is 5.95 Å². The van der Waals surface area contributed by atoms with E-state index in [2.05, 4.69) is 13.8 Å². The van der Waals surface area contributed by atoms with Crippen molar-refractivity contribution >= 4 is 24.0 Å². The zero-order valence-electron chi connectivity index (χ0n) is 18.4. The average Bonchev–Trinajstić information content (AvgIpc) is 2.77. The average molecular weight is 448 g/mol. The van der Waals surface area contributed by atoms with Crippen LogP contribution in [0.2, 0.25) is 0 Å². The highest BCUT2D eigenvalue weighted by Gasteiger charge is 2.22. The van der Waals surface area contributed by atoms with Gasteiger partial charge in [0, 0.05) is 37.5 Å². The molecule has 0 spiro atoms. The van der Waals surface area contributed by atoms with Crippen LogP contribution < -0.4 is 4.31 Å². The lowest BCUT2D eigenvalue weighted by Crippen LogP contribution is -2.30. The number of hydrogen-bond acceptors (Lipinski definition) is 7. The molecule has 0 aliphatic carbocycles. The number of aliphatic hydroxyl groups is 1. The number of anilines is 1. The summed E-state index contributed by atoms with van der Waals surface area (Å²) in [6.07, 6.45) is 7.09. The predicted octanol–water partition coefficient (Wildman–Crippen LogP) is 4.65. The van der Waals surface area contributed by atoms with Crippen LogP contribution in [0.15, 0.2) is 30.3 Å². The quantitative estimate of drug-likeness (QED) is 0.591. The fraction of sp³-hybridized carbons (Fsp3) is 0.478. The van der Waals surface area contributed by atoms with Crippen molar-refractivity contribution in [2.24, 2.45) is 0 Å². The minimum atomic E-state index is -0.286. The largest absolute Gasteiger partial charge is 0.396 e. The Balaban J connectivity index is 2.04. The van der Waals surface area contributed by atoms with Gasteiger partial charge in [-0.2, -0.15) is 0 Å². The summed E-state index contributed by atoms with van der Waals surface area (Å²) in [5.41, 5.74) is 3.39. The van der Waals surface area contributed by atoms with Gasteiger partial charge in [-0.15, -0.1) is 0 Å². The van der Waals surface area contributed by atoms with Gasteiger partial charge in [-0.05, 0) is 36.6 Å². The normalized spacial score (nSPS) is 19.3. The Morgan fingerprint density at radius 2 is 2.00 bits per heavy atom. The Morgan fingerprint density at radius 3 is 2.65 bits per heavy atom. The second kappa shape index (κ2) is 11.0. The minimum absolute atomic E-state index is 0.0246. The fourth-order valence-electron chi connectivity index (χ4n) is 3.43. The second-order valence-corrected chi connectivity index (χ2v) is 8.64. The van der Waals surface area contributed by atoms with Crippen molar-refractivity contribution in [2.75, 3.05) is 31.0 Å². The van der Waals surface area contributed by atoms with Crippen LogP contribution in [-0.4, -0.2) is 54.0 Å². The lowest BCUT2D eigenvalue weighted by atomic mass is 9.97. The number of rotatable bonds is 8. The standard InChI is InChI=1S/C23H30FN3O3S/c1-15(2)21-20(10-9-18-13-19(11-12-28)30-14-29-18)22(16-5-7-17(24)8-6-16)26-23(25-21)27(3)31-4/h5-10,15,18-19,28H,11-14H2,1-4H3/b10-9+. The maximum atomic E-state index is 13.6. The molecule has 2 unspecified atom stereocenters. The molecule has 0 saturated carbocycles. The summed E-state index contributed by atoms with van der Waals surface area (Å²) in [6, 6.07) is 6.37. The highest BCUT2D eigenvalue weighted by atomic mass is 32.2. The molecule has 0 bridgehead atoms. The molecule has 2 atom stereocenters. The Hall–Kier alpha value is -2.00. The van der Waals surface area contributed by atoms with Gasteiger partial charge < -0.3 is 14.6 Å². The monoisotopic (exact) mass is 447 g/mol. The van der Waals surface area contributed by atoms with Crippen molar-refractivity contribution in [2.45, 2.75) is 44.8 Å². The van der Waals surface area contributed by atoms with Crippen LogP contribution in [-0.2, 0) is 9.47 Å². The Bertz CT molecular complexity index is 890. The summed E-state index contributed by atoms with van der Waals surface area (Å²) in [6.45, 7) is 4.49. The van der Waals surface area contributed by atoms with Gasteiger partial charge in [0.15, 0.2) is 0 Å². The molecule has 2 heterocycles. The van der Waals surface area contributed by atoms with Gasteiger partial charge in [-0.3, -0.25) is 4.31 Å². The number of benzene rings is 1. The molecule has 168 valence electrons. The van der Waals surface area contributed by atoms with Crippen LogP contribution in [0.3, 0.4) is 0 Å². The Labute approximate surface area is 187 Å². The van der Waals surface area contributed by atoms with Crippen LogP contribution in [0.5, 0.6) is 0 Å². The molecule has 6 nitrogen and oxygen atoms in total. The van der Waals surface area contributed by atoms with E-state index < -0.39 is 0 Å². The molecule has 0 radical (unpaired) electrons. The molecule has 1 aliphatic rings. The summed E-state index contributed by atoms with van der Waals surface area (Å²) in [4.78, 5) is 9.64. The van der Waals surface area contributed by atoms with Gasteiger partial charge in [-0.1, -0.05) is 37.9 Å². The van der Waals surface area contributed by atoms with E-state index in [1.165, 1.54) is 24.1 Å². The zero-order valence-corrected chi connectivity index (χ0v) is 19.2. The Kier molecular flexibility index (Phi) is 8.43. The minimum Gasteiger partial charge on any atom is -0.396 e. The lowest BCUT2D eigenvalue weighted by molar-refractivity contribution is -0.164. The van der Waals surface area contributed by atoms with Crippen molar-refractivity contribution in [3.63, 3.8) is 0 Å². The number of aliphatic hydroxyl groups excluding tert-OH is 1. The molecule has 1 aromatic carbocycles. The van der Waals surface area contributed by atoms with Crippen LogP contribution in [0.1, 0.15) is 43.9 Å². The van der Waals surface area contributed by atoms with E-state index in [0.29, 0.717) is 18.8 Å². The molecule has 1 aromatic heterocycles. The first-order chi connectivity index (χ1) is 14.9. The first-order valence-electron chi connectivity index (χ1n) is 10.4. The van der Waals surface area contributed by atoms with Gasteiger partial charge in [0.1, 0.15) is 12.6 Å². The van der Waals surface area contributed by atoms with Crippen molar-refractivity contribution in [3.8, 4) is 11.3 Å². The molecule has 1 aliphatic heterocycles. The van der Waals surface area contributed by atoms with Gasteiger partial charge in [0.25, 0.3) is 0 Å². The van der Waals surface area contributed by atoms with Crippen molar-refractivity contribution in [1.82, 2.24) is 9.97 Å². The number of aromatic nitrogens is 2. The van der Waals surface area contributed by atoms with E-state index in [1.54, 1.807) is 12.1 Å². The third-order valence-corrected chi connectivity index (χ3v) is 5.90. The van der Waals surface area contributed by atoms with Crippen molar-refractivity contribution in [3.05, 3.63) is 47.4 Å². The van der Waals surface area contributed by atoms with Crippen molar-refractivity contribution in [1.29, 1.82) is 0 Å².